The Hall–Kier alpha value is -4.53. The summed E-state index contributed by atoms with van der Waals surface area (Å²) in [5.74, 6) is 2.47. The van der Waals surface area contributed by atoms with Gasteiger partial charge >= 0.3 is 0 Å². The SMILES string of the molecule is CCCCCCCCCCCCOc1ccc(-c2nc(-c3ccc(OCCCCCCCCCCCC)c(C)c3O)nc(-c3ccc(OCCCCCCCCCCCC)c(C)c3O)n2)c(O)c1C. The number of benzene rings is 3. The van der Waals surface area contributed by atoms with Gasteiger partial charge in [0.15, 0.2) is 17.5 Å². The first-order valence-electron chi connectivity index (χ1n) is 27.8. The Kier molecular flexibility index (Phi) is 28.0. The molecule has 69 heavy (non-hydrogen) atoms. The standard InChI is InChI=1S/C60H93N3O6/c1-7-10-13-16-19-22-25-28-31-34-43-67-52-40-37-49(55(64)46(52)4)58-61-59(50-38-41-53(47(5)56(50)65)68-44-35-32-29-26-23-20-17-14-11-8-2)63-60(62-58)51-39-42-54(48(6)57(51)66)69-45-36-33-30-27-24-21-18-15-12-9-3/h37-42,64-66H,7-36,43-45H2,1-6H3. The van der Waals surface area contributed by atoms with E-state index >= 15 is 0 Å². The highest BCUT2D eigenvalue weighted by Gasteiger charge is 2.23. The van der Waals surface area contributed by atoms with Gasteiger partial charge in [0.1, 0.15) is 34.5 Å². The highest BCUT2D eigenvalue weighted by molar-refractivity contribution is 5.77. The Morgan fingerprint density at radius 2 is 0.507 bits per heavy atom. The summed E-state index contributed by atoms with van der Waals surface area (Å²) in [6, 6.07) is 10.9. The van der Waals surface area contributed by atoms with E-state index in [0.717, 1.165) is 38.5 Å². The van der Waals surface area contributed by atoms with E-state index < -0.39 is 0 Å². The average Bonchev–Trinajstić information content (AvgIpc) is 3.35. The summed E-state index contributed by atoms with van der Waals surface area (Å²) in [5, 5.41) is 35.1. The number of rotatable bonds is 39. The predicted octanol–water partition coefficient (Wildman–Crippen LogP) is 17.8. The fourth-order valence-corrected chi connectivity index (χ4v) is 9.11. The average molecular weight is 952 g/mol. The van der Waals surface area contributed by atoms with Crippen molar-refractivity contribution in [1.29, 1.82) is 0 Å². The third kappa shape index (κ3) is 20.0. The van der Waals surface area contributed by atoms with E-state index in [4.69, 9.17) is 29.2 Å². The molecule has 0 amide bonds. The number of aromatic hydroxyl groups is 3. The molecule has 4 rings (SSSR count). The molecule has 9 nitrogen and oxygen atoms in total. The van der Waals surface area contributed by atoms with Crippen LogP contribution in [-0.4, -0.2) is 50.1 Å². The topological polar surface area (TPSA) is 127 Å². The van der Waals surface area contributed by atoms with Gasteiger partial charge in [-0.2, -0.15) is 0 Å². The van der Waals surface area contributed by atoms with Crippen molar-refractivity contribution in [3.63, 3.8) is 0 Å². The minimum atomic E-state index is 0.00548. The highest BCUT2D eigenvalue weighted by Crippen LogP contribution is 2.42. The Morgan fingerprint density at radius 1 is 0.304 bits per heavy atom. The molecule has 0 aliphatic carbocycles. The fourth-order valence-electron chi connectivity index (χ4n) is 9.11. The molecule has 0 atom stereocenters. The zero-order valence-electron chi connectivity index (χ0n) is 44.2. The Balaban J connectivity index is 1.49. The molecule has 0 radical (unpaired) electrons. The number of hydrogen-bond donors (Lipinski definition) is 3. The van der Waals surface area contributed by atoms with Gasteiger partial charge in [-0.15, -0.1) is 0 Å². The number of phenols is 3. The van der Waals surface area contributed by atoms with Crippen LogP contribution in [-0.2, 0) is 0 Å². The van der Waals surface area contributed by atoms with Gasteiger partial charge < -0.3 is 29.5 Å². The van der Waals surface area contributed by atoms with Crippen LogP contribution in [0.5, 0.6) is 34.5 Å². The molecule has 9 heteroatoms. The summed E-state index contributed by atoms with van der Waals surface area (Å²) in [4.78, 5) is 14.6. The van der Waals surface area contributed by atoms with E-state index in [1.807, 2.05) is 39.0 Å². The lowest BCUT2D eigenvalue weighted by molar-refractivity contribution is 0.300. The Bertz CT molecular complexity index is 1800. The minimum Gasteiger partial charge on any atom is -0.507 e. The van der Waals surface area contributed by atoms with Crippen LogP contribution in [0.1, 0.15) is 230 Å². The van der Waals surface area contributed by atoms with E-state index in [9.17, 15) is 15.3 Å². The van der Waals surface area contributed by atoms with Crippen LogP contribution in [0.2, 0.25) is 0 Å². The van der Waals surface area contributed by atoms with Crippen molar-refractivity contribution < 1.29 is 29.5 Å². The van der Waals surface area contributed by atoms with E-state index in [-0.39, 0.29) is 34.7 Å². The summed E-state index contributed by atoms with van der Waals surface area (Å²) in [7, 11) is 0. The van der Waals surface area contributed by atoms with Gasteiger partial charge in [0.25, 0.3) is 0 Å². The first-order valence-corrected chi connectivity index (χ1v) is 27.8. The summed E-state index contributed by atoms with van der Waals surface area (Å²) in [6.45, 7) is 14.0. The lowest BCUT2D eigenvalue weighted by atomic mass is 10.0. The molecule has 0 aliphatic rings. The molecular formula is C60H93N3O6. The molecule has 0 unspecified atom stereocenters. The third-order valence-electron chi connectivity index (χ3n) is 13.8. The maximum Gasteiger partial charge on any atom is 0.167 e. The summed E-state index contributed by atoms with van der Waals surface area (Å²) in [5.41, 5.74) is 2.95. The van der Waals surface area contributed by atoms with E-state index in [2.05, 4.69) is 20.8 Å². The van der Waals surface area contributed by atoms with Crippen LogP contribution < -0.4 is 14.2 Å². The quantitative estimate of drug-likeness (QED) is 0.0375. The number of ether oxygens (including phenoxy) is 3. The molecule has 4 aromatic rings. The molecule has 0 fully saturated rings. The van der Waals surface area contributed by atoms with Gasteiger partial charge in [0.05, 0.1) is 36.5 Å². The van der Waals surface area contributed by atoms with Gasteiger partial charge in [-0.1, -0.05) is 194 Å². The van der Waals surface area contributed by atoms with Gasteiger partial charge in [-0.05, 0) is 76.4 Å². The molecule has 0 bridgehead atoms. The number of unbranched alkanes of at least 4 members (excludes halogenated alkanes) is 27. The van der Waals surface area contributed by atoms with Crippen LogP contribution in [0, 0.1) is 20.8 Å². The van der Waals surface area contributed by atoms with Crippen LogP contribution in [0.25, 0.3) is 34.2 Å². The minimum absolute atomic E-state index is 0.00548. The molecule has 384 valence electrons. The maximum absolute atomic E-state index is 11.7. The monoisotopic (exact) mass is 952 g/mol. The van der Waals surface area contributed by atoms with Crippen molar-refractivity contribution in [3.05, 3.63) is 53.1 Å². The van der Waals surface area contributed by atoms with Gasteiger partial charge in [0, 0.05) is 16.7 Å². The second kappa shape index (κ2) is 33.9. The number of nitrogens with zero attached hydrogens (tertiary/aromatic N) is 3. The molecule has 0 spiro atoms. The second-order valence-corrected chi connectivity index (χ2v) is 19.7. The van der Waals surface area contributed by atoms with Crippen molar-refractivity contribution >= 4 is 0 Å². The molecule has 3 aromatic carbocycles. The molecular weight excluding hydrogens is 859 g/mol. The van der Waals surface area contributed by atoms with Crippen molar-refractivity contribution in [2.45, 2.75) is 234 Å². The van der Waals surface area contributed by atoms with Crippen LogP contribution in [0.4, 0.5) is 0 Å². The highest BCUT2D eigenvalue weighted by atomic mass is 16.5. The van der Waals surface area contributed by atoms with E-state index in [1.54, 1.807) is 18.2 Å². The van der Waals surface area contributed by atoms with Gasteiger partial charge in [-0.25, -0.2) is 15.0 Å². The van der Waals surface area contributed by atoms with Crippen LogP contribution in [0.3, 0.4) is 0 Å². The largest absolute Gasteiger partial charge is 0.507 e. The van der Waals surface area contributed by atoms with E-state index in [0.29, 0.717) is 70.4 Å². The van der Waals surface area contributed by atoms with Crippen molar-refractivity contribution in [1.82, 2.24) is 15.0 Å². The molecule has 0 saturated carbocycles. The van der Waals surface area contributed by atoms with Crippen LogP contribution >= 0.6 is 0 Å². The van der Waals surface area contributed by atoms with Crippen LogP contribution in [0.15, 0.2) is 36.4 Å². The number of aromatic nitrogens is 3. The molecule has 0 saturated heterocycles. The second-order valence-electron chi connectivity index (χ2n) is 19.7. The molecule has 1 heterocycles. The zero-order valence-corrected chi connectivity index (χ0v) is 44.2. The maximum atomic E-state index is 11.7. The normalized spacial score (nSPS) is 11.4. The molecule has 1 aromatic heterocycles. The lowest BCUT2D eigenvalue weighted by Gasteiger charge is -2.16. The molecule has 3 N–H and O–H groups in total. The number of phenolic OH excluding ortho intramolecular Hbond substituents is 3. The summed E-state index contributed by atoms with van der Waals surface area (Å²) < 4.78 is 18.6. The lowest BCUT2D eigenvalue weighted by Crippen LogP contribution is -2.04. The van der Waals surface area contributed by atoms with Crippen molar-refractivity contribution in [2.24, 2.45) is 0 Å². The predicted molar refractivity (Wildman–Crippen MR) is 287 cm³/mol. The zero-order chi connectivity index (χ0) is 49.5. The van der Waals surface area contributed by atoms with Gasteiger partial charge in [-0.3, -0.25) is 0 Å². The van der Waals surface area contributed by atoms with Gasteiger partial charge in [0.2, 0.25) is 0 Å². The first-order chi connectivity index (χ1) is 33.7. The fraction of sp³-hybridized carbons (Fsp3) is 0.650. The third-order valence-corrected chi connectivity index (χ3v) is 13.8. The summed E-state index contributed by atoms with van der Waals surface area (Å²) >= 11 is 0. The Labute approximate surface area is 418 Å². The smallest absolute Gasteiger partial charge is 0.167 e. The van der Waals surface area contributed by atoms with E-state index in [1.165, 1.54) is 154 Å². The number of hydrogen-bond acceptors (Lipinski definition) is 9. The summed E-state index contributed by atoms with van der Waals surface area (Å²) in [6.07, 6.45) is 37.5. The van der Waals surface area contributed by atoms with Crippen molar-refractivity contribution in [2.75, 3.05) is 19.8 Å². The molecule has 0 aliphatic heterocycles. The van der Waals surface area contributed by atoms with Crippen molar-refractivity contribution in [3.8, 4) is 68.7 Å². The Morgan fingerprint density at radius 3 is 0.725 bits per heavy atom. The first kappa shape index (κ1) is 57.1.